The molecule has 3 nitrogen and oxygen atoms in total. The average molecular weight is 289 g/mol. The minimum Gasteiger partial charge on any atom is -0.397 e. The van der Waals surface area contributed by atoms with Gasteiger partial charge in [0.25, 0.3) is 0 Å². The fourth-order valence-electron chi connectivity index (χ4n) is 1.31. The SMILES string of the molecule is Nc1cnc(Nc2cc(Cl)cc(Cl)c2)c(Cl)c1. The molecule has 1 aromatic heterocycles. The van der Waals surface area contributed by atoms with Crippen LogP contribution in [0.1, 0.15) is 0 Å². The molecule has 0 bridgehead atoms. The Morgan fingerprint density at radius 2 is 1.65 bits per heavy atom. The quantitative estimate of drug-likeness (QED) is 0.863. The van der Waals surface area contributed by atoms with Crippen molar-refractivity contribution in [2.24, 2.45) is 0 Å². The molecule has 2 rings (SSSR count). The Bertz CT molecular complexity index is 537. The molecule has 0 aliphatic rings. The zero-order valence-electron chi connectivity index (χ0n) is 8.55. The molecule has 88 valence electrons. The Hall–Kier alpha value is -1.16. The van der Waals surface area contributed by atoms with Gasteiger partial charge in [-0.2, -0.15) is 0 Å². The maximum absolute atomic E-state index is 5.99. The van der Waals surface area contributed by atoms with E-state index in [1.165, 1.54) is 6.20 Å². The van der Waals surface area contributed by atoms with Gasteiger partial charge in [-0.1, -0.05) is 34.8 Å². The first-order chi connectivity index (χ1) is 8.04. The second-order valence-electron chi connectivity index (χ2n) is 3.38. The Kier molecular flexibility index (Phi) is 3.62. The van der Waals surface area contributed by atoms with Crippen molar-refractivity contribution in [2.75, 3.05) is 11.1 Å². The lowest BCUT2D eigenvalue weighted by Crippen LogP contribution is -1.96. The first kappa shape index (κ1) is 12.3. The number of nitrogens with zero attached hydrogens (tertiary/aromatic N) is 1. The average Bonchev–Trinajstić information content (AvgIpc) is 2.21. The monoisotopic (exact) mass is 287 g/mol. The van der Waals surface area contributed by atoms with E-state index >= 15 is 0 Å². The zero-order chi connectivity index (χ0) is 12.4. The van der Waals surface area contributed by atoms with E-state index in [1.807, 2.05) is 0 Å². The van der Waals surface area contributed by atoms with Crippen LogP contribution in [0, 0.1) is 0 Å². The largest absolute Gasteiger partial charge is 0.397 e. The van der Waals surface area contributed by atoms with Crippen LogP contribution in [-0.2, 0) is 0 Å². The molecule has 3 N–H and O–H groups in total. The first-order valence-electron chi connectivity index (χ1n) is 4.69. The number of hydrogen-bond acceptors (Lipinski definition) is 3. The normalized spacial score (nSPS) is 10.3. The molecule has 0 fully saturated rings. The molecule has 0 saturated heterocycles. The molecule has 0 spiro atoms. The van der Waals surface area contributed by atoms with Crippen molar-refractivity contribution in [3.63, 3.8) is 0 Å². The predicted octanol–water partition coefficient (Wildman–Crippen LogP) is 4.37. The predicted molar refractivity (Wildman–Crippen MR) is 73.4 cm³/mol. The van der Waals surface area contributed by atoms with Gasteiger partial charge in [0.2, 0.25) is 0 Å². The third kappa shape index (κ3) is 3.16. The van der Waals surface area contributed by atoms with Gasteiger partial charge in [-0.05, 0) is 24.3 Å². The standard InChI is InChI=1S/C11H8Cl3N3/c12-6-1-7(13)3-9(2-6)17-11-10(14)4-8(15)5-16-11/h1-5H,15H2,(H,16,17). The summed E-state index contributed by atoms with van der Waals surface area (Å²) in [5.74, 6) is 0.499. The van der Waals surface area contributed by atoms with Crippen LogP contribution in [0.3, 0.4) is 0 Å². The van der Waals surface area contributed by atoms with Crippen LogP contribution in [-0.4, -0.2) is 4.98 Å². The maximum Gasteiger partial charge on any atom is 0.149 e. The molecule has 0 amide bonds. The first-order valence-corrected chi connectivity index (χ1v) is 5.82. The summed E-state index contributed by atoms with van der Waals surface area (Å²) in [6.45, 7) is 0. The van der Waals surface area contributed by atoms with Crippen molar-refractivity contribution < 1.29 is 0 Å². The number of aromatic nitrogens is 1. The number of nitrogens with two attached hydrogens (primary N) is 1. The Balaban J connectivity index is 2.31. The Morgan fingerprint density at radius 3 is 2.24 bits per heavy atom. The minimum atomic E-state index is 0.432. The lowest BCUT2D eigenvalue weighted by Gasteiger charge is -2.08. The van der Waals surface area contributed by atoms with Gasteiger partial charge in [0, 0.05) is 15.7 Å². The number of hydrogen-bond donors (Lipinski definition) is 2. The zero-order valence-corrected chi connectivity index (χ0v) is 10.8. The third-order valence-electron chi connectivity index (χ3n) is 1.99. The van der Waals surface area contributed by atoms with Crippen molar-refractivity contribution in [1.82, 2.24) is 4.98 Å². The van der Waals surface area contributed by atoms with Gasteiger partial charge in [0.05, 0.1) is 16.9 Å². The molecule has 0 atom stereocenters. The number of pyridine rings is 1. The summed E-state index contributed by atoms with van der Waals surface area (Å²) in [5, 5.41) is 4.51. The van der Waals surface area contributed by atoms with E-state index < -0.39 is 0 Å². The van der Waals surface area contributed by atoms with E-state index in [2.05, 4.69) is 10.3 Å². The maximum atomic E-state index is 5.99. The summed E-state index contributed by atoms with van der Waals surface area (Å²) in [4.78, 5) is 4.08. The highest BCUT2D eigenvalue weighted by atomic mass is 35.5. The van der Waals surface area contributed by atoms with Crippen molar-refractivity contribution in [3.8, 4) is 0 Å². The lowest BCUT2D eigenvalue weighted by molar-refractivity contribution is 1.31. The summed E-state index contributed by atoms with van der Waals surface area (Å²) < 4.78 is 0. The van der Waals surface area contributed by atoms with Crippen molar-refractivity contribution in [1.29, 1.82) is 0 Å². The van der Waals surface area contributed by atoms with Crippen LogP contribution >= 0.6 is 34.8 Å². The topological polar surface area (TPSA) is 50.9 Å². The molecule has 2 aromatic rings. The van der Waals surface area contributed by atoms with Crippen LogP contribution in [0.25, 0.3) is 0 Å². The van der Waals surface area contributed by atoms with Gasteiger partial charge in [-0.15, -0.1) is 0 Å². The summed E-state index contributed by atoms with van der Waals surface area (Å²) in [6.07, 6.45) is 1.51. The third-order valence-corrected chi connectivity index (χ3v) is 2.71. The molecule has 17 heavy (non-hydrogen) atoms. The van der Waals surface area contributed by atoms with Gasteiger partial charge >= 0.3 is 0 Å². The van der Waals surface area contributed by atoms with Gasteiger partial charge in [0.15, 0.2) is 0 Å². The molecule has 0 aliphatic heterocycles. The number of halogens is 3. The Morgan fingerprint density at radius 1 is 1.00 bits per heavy atom. The van der Waals surface area contributed by atoms with E-state index in [4.69, 9.17) is 40.5 Å². The Labute approximate surface area is 114 Å². The van der Waals surface area contributed by atoms with E-state index in [0.29, 0.717) is 32.3 Å². The second kappa shape index (κ2) is 5.00. The van der Waals surface area contributed by atoms with Gasteiger partial charge in [-0.3, -0.25) is 0 Å². The molecule has 0 saturated carbocycles. The smallest absolute Gasteiger partial charge is 0.149 e. The van der Waals surface area contributed by atoms with Gasteiger partial charge < -0.3 is 11.1 Å². The number of nitrogens with one attached hydrogen (secondary N) is 1. The van der Waals surface area contributed by atoms with Crippen molar-refractivity contribution in [2.45, 2.75) is 0 Å². The van der Waals surface area contributed by atoms with Gasteiger partial charge in [0.1, 0.15) is 5.82 Å². The summed E-state index contributed by atoms with van der Waals surface area (Å²) >= 11 is 17.8. The molecule has 0 aliphatic carbocycles. The highest BCUT2D eigenvalue weighted by molar-refractivity contribution is 6.35. The van der Waals surface area contributed by atoms with Gasteiger partial charge in [-0.25, -0.2) is 4.98 Å². The fourth-order valence-corrected chi connectivity index (χ4v) is 2.06. The number of rotatable bonds is 2. The van der Waals surface area contributed by atoms with E-state index in [9.17, 15) is 0 Å². The van der Waals surface area contributed by atoms with E-state index in [0.717, 1.165) is 0 Å². The minimum absolute atomic E-state index is 0.432. The van der Waals surface area contributed by atoms with Crippen molar-refractivity contribution >= 4 is 52.0 Å². The summed E-state index contributed by atoms with van der Waals surface area (Å²) in [7, 11) is 0. The fraction of sp³-hybridized carbons (Fsp3) is 0. The summed E-state index contributed by atoms with van der Waals surface area (Å²) in [5.41, 5.74) is 6.77. The number of benzene rings is 1. The van der Waals surface area contributed by atoms with Crippen molar-refractivity contribution in [3.05, 3.63) is 45.5 Å². The summed E-state index contributed by atoms with van der Waals surface area (Å²) in [6, 6.07) is 6.71. The highest BCUT2D eigenvalue weighted by Crippen LogP contribution is 2.28. The van der Waals surface area contributed by atoms with E-state index in [-0.39, 0.29) is 0 Å². The van der Waals surface area contributed by atoms with Crippen LogP contribution in [0.15, 0.2) is 30.5 Å². The number of nitrogen functional groups attached to an aromatic ring is 1. The van der Waals surface area contributed by atoms with Crippen LogP contribution in [0.2, 0.25) is 15.1 Å². The molecular weight excluding hydrogens is 281 g/mol. The highest BCUT2D eigenvalue weighted by Gasteiger charge is 2.04. The molecule has 0 radical (unpaired) electrons. The van der Waals surface area contributed by atoms with Crippen LogP contribution < -0.4 is 11.1 Å². The molecule has 0 unspecified atom stereocenters. The van der Waals surface area contributed by atoms with Crippen LogP contribution in [0.5, 0.6) is 0 Å². The molecule has 1 heterocycles. The van der Waals surface area contributed by atoms with E-state index in [1.54, 1.807) is 24.3 Å². The molecular formula is C11H8Cl3N3. The number of anilines is 3. The molecule has 1 aromatic carbocycles. The second-order valence-corrected chi connectivity index (χ2v) is 4.66. The lowest BCUT2D eigenvalue weighted by atomic mass is 10.3. The molecule has 6 heteroatoms. The van der Waals surface area contributed by atoms with Crippen LogP contribution in [0.4, 0.5) is 17.2 Å².